The average molecular weight is 398 g/mol. The fraction of sp³-hybridized carbons (Fsp3) is 0.150. The number of amides is 1. The summed E-state index contributed by atoms with van der Waals surface area (Å²) in [5, 5.41) is 14.1. The van der Waals surface area contributed by atoms with Crippen LogP contribution in [0.3, 0.4) is 0 Å². The molecule has 5 nitrogen and oxygen atoms in total. The zero-order chi connectivity index (χ0) is 19.4. The van der Waals surface area contributed by atoms with Crippen LogP contribution < -0.4 is 10.1 Å². The highest BCUT2D eigenvalue weighted by atomic mass is 35.5. The van der Waals surface area contributed by atoms with E-state index >= 15 is 0 Å². The Hall–Kier alpha value is -2.75. The topological polar surface area (TPSA) is 75.0 Å². The number of nitriles is 1. The predicted octanol–water partition coefficient (Wildman–Crippen LogP) is 4.81. The van der Waals surface area contributed by atoms with E-state index < -0.39 is 0 Å². The summed E-state index contributed by atoms with van der Waals surface area (Å²) < 4.78 is 5.22. The number of nitrogens with zero attached hydrogens (tertiary/aromatic N) is 2. The van der Waals surface area contributed by atoms with Crippen LogP contribution in [0, 0.1) is 18.3 Å². The van der Waals surface area contributed by atoms with E-state index in [9.17, 15) is 10.1 Å². The molecule has 1 N–H and O–H groups in total. The molecule has 0 aliphatic carbocycles. The van der Waals surface area contributed by atoms with Gasteiger partial charge in [-0.25, -0.2) is 4.98 Å². The molecule has 0 spiro atoms. The molecule has 1 heterocycles. The third-order valence-corrected chi connectivity index (χ3v) is 5.06. The molecule has 136 valence electrons. The molecule has 3 rings (SSSR count). The van der Waals surface area contributed by atoms with Crippen molar-refractivity contribution in [2.75, 3.05) is 18.2 Å². The summed E-state index contributed by atoms with van der Waals surface area (Å²) in [6.45, 7) is 1.99. The number of rotatable bonds is 5. The lowest BCUT2D eigenvalue weighted by Crippen LogP contribution is -2.15. The second-order valence-corrected chi connectivity index (χ2v) is 7.23. The van der Waals surface area contributed by atoms with Crippen molar-refractivity contribution in [3.63, 3.8) is 0 Å². The number of carbonyl (C=O) groups excluding carboxylic acids is 1. The molecule has 0 aliphatic heterocycles. The minimum Gasteiger partial charge on any atom is -0.495 e. The van der Waals surface area contributed by atoms with Crippen LogP contribution in [0.2, 0.25) is 5.02 Å². The molecule has 0 atom stereocenters. The smallest absolute Gasteiger partial charge is 0.234 e. The first-order valence-electron chi connectivity index (χ1n) is 8.08. The number of ether oxygens (including phenoxy) is 1. The Morgan fingerprint density at radius 3 is 2.85 bits per heavy atom. The number of halogens is 1. The van der Waals surface area contributed by atoms with E-state index in [1.165, 1.54) is 18.9 Å². The maximum atomic E-state index is 12.3. The Balaban J connectivity index is 1.76. The van der Waals surface area contributed by atoms with Gasteiger partial charge >= 0.3 is 0 Å². The van der Waals surface area contributed by atoms with Crippen molar-refractivity contribution in [2.24, 2.45) is 0 Å². The third-order valence-electron chi connectivity index (χ3n) is 3.83. The summed E-state index contributed by atoms with van der Waals surface area (Å²) >= 11 is 7.19. The Morgan fingerprint density at radius 1 is 1.30 bits per heavy atom. The third kappa shape index (κ3) is 4.51. The Kier molecular flexibility index (Phi) is 5.84. The van der Waals surface area contributed by atoms with Crippen LogP contribution in [-0.2, 0) is 4.79 Å². The van der Waals surface area contributed by atoms with Gasteiger partial charge in [-0.2, -0.15) is 5.26 Å². The highest BCUT2D eigenvalue weighted by Crippen LogP contribution is 2.29. The van der Waals surface area contributed by atoms with Gasteiger partial charge < -0.3 is 10.1 Å². The van der Waals surface area contributed by atoms with Gasteiger partial charge in [0.05, 0.1) is 29.6 Å². The predicted molar refractivity (Wildman–Crippen MR) is 109 cm³/mol. The van der Waals surface area contributed by atoms with Crippen molar-refractivity contribution < 1.29 is 9.53 Å². The standard InChI is InChI=1S/C20H16ClN3O2S/c1-12-3-5-16-13(7-12)8-14(10-22)20(24-16)27-11-19(25)23-17-9-15(21)4-6-18(17)26-2/h3-9H,11H2,1-2H3,(H,23,25). The van der Waals surface area contributed by atoms with Crippen LogP contribution in [0.15, 0.2) is 47.5 Å². The molecule has 0 unspecified atom stereocenters. The number of nitrogens with one attached hydrogen (secondary N) is 1. The van der Waals surface area contributed by atoms with E-state index in [2.05, 4.69) is 16.4 Å². The van der Waals surface area contributed by atoms with Crippen molar-refractivity contribution >= 4 is 45.9 Å². The maximum absolute atomic E-state index is 12.3. The van der Waals surface area contributed by atoms with Gasteiger partial charge in [0.2, 0.25) is 5.91 Å². The molecule has 0 fully saturated rings. The number of methoxy groups -OCH3 is 1. The number of aryl methyl sites for hydroxylation is 1. The fourth-order valence-corrected chi connectivity index (χ4v) is 3.50. The van der Waals surface area contributed by atoms with Crippen LogP contribution in [0.4, 0.5) is 5.69 Å². The minimum absolute atomic E-state index is 0.106. The summed E-state index contributed by atoms with van der Waals surface area (Å²) in [6.07, 6.45) is 0. The number of aromatic nitrogens is 1. The Labute approximate surface area is 166 Å². The average Bonchev–Trinajstić information content (AvgIpc) is 2.65. The number of benzene rings is 2. The van der Waals surface area contributed by atoms with E-state index in [0.29, 0.717) is 27.0 Å². The second-order valence-electron chi connectivity index (χ2n) is 5.83. The molecule has 0 aliphatic rings. The van der Waals surface area contributed by atoms with Crippen LogP contribution in [0.1, 0.15) is 11.1 Å². The summed E-state index contributed by atoms with van der Waals surface area (Å²) in [7, 11) is 1.52. The van der Waals surface area contributed by atoms with E-state index in [1.54, 1.807) is 24.3 Å². The number of hydrogen-bond donors (Lipinski definition) is 1. The lowest BCUT2D eigenvalue weighted by Gasteiger charge is -2.11. The largest absolute Gasteiger partial charge is 0.495 e. The zero-order valence-corrected chi connectivity index (χ0v) is 16.3. The van der Waals surface area contributed by atoms with Crippen LogP contribution in [0.5, 0.6) is 5.75 Å². The van der Waals surface area contributed by atoms with Gasteiger partial charge in [0, 0.05) is 10.4 Å². The van der Waals surface area contributed by atoms with Gasteiger partial charge in [-0.15, -0.1) is 0 Å². The SMILES string of the molecule is COc1ccc(Cl)cc1NC(=O)CSc1nc2ccc(C)cc2cc1C#N. The molecule has 0 radical (unpaired) electrons. The van der Waals surface area contributed by atoms with Gasteiger partial charge in [0.15, 0.2) is 0 Å². The highest BCUT2D eigenvalue weighted by Gasteiger charge is 2.12. The van der Waals surface area contributed by atoms with Crippen molar-refractivity contribution in [2.45, 2.75) is 11.9 Å². The van der Waals surface area contributed by atoms with Crippen molar-refractivity contribution in [3.05, 3.63) is 58.6 Å². The number of thioether (sulfide) groups is 1. The summed E-state index contributed by atoms with van der Waals surface area (Å²) in [6, 6.07) is 14.8. The molecule has 7 heteroatoms. The number of pyridine rings is 1. The molecule has 1 aromatic heterocycles. The van der Waals surface area contributed by atoms with Gasteiger partial charge in [-0.3, -0.25) is 4.79 Å². The lowest BCUT2D eigenvalue weighted by atomic mass is 10.1. The Morgan fingerprint density at radius 2 is 2.11 bits per heavy atom. The lowest BCUT2D eigenvalue weighted by molar-refractivity contribution is -0.113. The molecule has 27 heavy (non-hydrogen) atoms. The normalized spacial score (nSPS) is 10.4. The molecular formula is C20H16ClN3O2S. The van der Waals surface area contributed by atoms with Crippen LogP contribution >= 0.6 is 23.4 Å². The fourth-order valence-electron chi connectivity index (χ4n) is 2.57. The molecule has 2 aromatic carbocycles. The quantitative estimate of drug-likeness (QED) is 0.625. The molecule has 1 amide bonds. The van der Waals surface area contributed by atoms with Crippen LogP contribution in [-0.4, -0.2) is 23.8 Å². The monoisotopic (exact) mass is 397 g/mol. The summed E-state index contributed by atoms with van der Waals surface area (Å²) in [5.41, 5.74) is 2.84. The zero-order valence-electron chi connectivity index (χ0n) is 14.7. The molecule has 0 saturated heterocycles. The molecule has 3 aromatic rings. The van der Waals surface area contributed by atoms with E-state index in [1.807, 2.05) is 25.1 Å². The van der Waals surface area contributed by atoms with Gasteiger partial charge in [-0.05, 0) is 43.3 Å². The molecule has 0 bridgehead atoms. The van der Waals surface area contributed by atoms with E-state index in [-0.39, 0.29) is 11.7 Å². The number of anilines is 1. The number of fused-ring (bicyclic) bond motifs is 1. The van der Waals surface area contributed by atoms with E-state index in [0.717, 1.165) is 16.5 Å². The summed E-state index contributed by atoms with van der Waals surface area (Å²) in [5.74, 6) is 0.388. The second kappa shape index (κ2) is 8.30. The molecule has 0 saturated carbocycles. The van der Waals surface area contributed by atoms with Crippen molar-refractivity contribution in [1.82, 2.24) is 4.98 Å². The first-order chi connectivity index (χ1) is 13.0. The first-order valence-corrected chi connectivity index (χ1v) is 9.44. The van der Waals surface area contributed by atoms with E-state index in [4.69, 9.17) is 16.3 Å². The van der Waals surface area contributed by atoms with Gasteiger partial charge in [0.1, 0.15) is 16.8 Å². The molecular weight excluding hydrogens is 382 g/mol. The minimum atomic E-state index is -0.241. The van der Waals surface area contributed by atoms with Crippen molar-refractivity contribution in [3.8, 4) is 11.8 Å². The number of carbonyl (C=O) groups is 1. The Bertz CT molecular complexity index is 1060. The maximum Gasteiger partial charge on any atom is 0.234 e. The van der Waals surface area contributed by atoms with Crippen molar-refractivity contribution in [1.29, 1.82) is 5.26 Å². The van der Waals surface area contributed by atoms with Gasteiger partial charge in [0.25, 0.3) is 0 Å². The van der Waals surface area contributed by atoms with Gasteiger partial charge in [-0.1, -0.05) is 35.0 Å². The first kappa shape index (κ1) is 19.0. The highest BCUT2D eigenvalue weighted by molar-refractivity contribution is 8.00. The van der Waals surface area contributed by atoms with Crippen LogP contribution in [0.25, 0.3) is 10.9 Å². The number of hydrogen-bond acceptors (Lipinski definition) is 5. The summed E-state index contributed by atoms with van der Waals surface area (Å²) in [4.78, 5) is 16.9.